The maximum atomic E-state index is 12.6. The van der Waals surface area contributed by atoms with Crippen LogP contribution in [0.5, 0.6) is 11.5 Å². The molecule has 7 heteroatoms. The highest BCUT2D eigenvalue weighted by atomic mass is 32.2. The number of ether oxygens (including phenoxy) is 1. The van der Waals surface area contributed by atoms with Crippen LogP contribution in [-0.4, -0.2) is 22.4 Å². The Bertz CT molecular complexity index is 1130. The molecule has 0 aliphatic rings. The normalized spacial score (nSPS) is 10.5. The Morgan fingerprint density at radius 2 is 1.72 bits per heavy atom. The van der Waals surface area contributed by atoms with Gasteiger partial charge in [0.2, 0.25) is 5.89 Å². The van der Waals surface area contributed by atoms with Crippen molar-refractivity contribution in [1.29, 1.82) is 0 Å². The van der Waals surface area contributed by atoms with Crippen molar-refractivity contribution in [3.05, 3.63) is 84.4 Å². The maximum Gasteiger partial charge on any atom is 0.322 e. The number of benzene rings is 3. The molecule has 1 aromatic heterocycles. The molecule has 6 nitrogen and oxygen atoms in total. The summed E-state index contributed by atoms with van der Waals surface area (Å²) < 4.78 is 11.4. The van der Waals surface area contributed by atoms with Gasteiger partial charge in [0.15, 0.2) is 0 Å². The molecule has 29 heavy (non-hydrogen) atoms. The van der Waals surface area contributed by atoms with Crippen LogP contribution in [0.2, 0.25) is 0 Å². The van der Waals surface area contributed by atoms with E-state index in [2.05, 4.69) is 15.5 Å². The van der Waals surface area contributed by atoms with Crippen LogP contribution in [0.25, 0.3) is 11.5 Å². The molecule has 0 saturated carbocycles. The molecule has 1 heterocycles. The van der Waals surface area contributed by atoms with E-state index in [1.807, 2.05) is 60.9 Å². The third-order valence-electron chi connectivity index (χ3n) is 4.04. The van der Waals surface area contributed by atoms with Gasteiger partial charge >= 0.3 is 6.01 Å². The molecule has 0 aliphatic heterocycles. The molecule has 144 valence electrons. The van der Waals surface area contributed by atoms with Crippen molar-refractivity contribution in [2.45, 2.75) is 4.90 Å². The summed E-state index contributed by atoms with van der Waals surface area (Å²) in [6.45, 7) is 0. The van der Waals surface area contributed by atoms with E-state index in [0.29, 0.717) is 23.0 Å². The zero-order valence-corrected chi connectivity index (χ0v) is 16.3. The van der Waals surface area contributed by atoms with E-state index in [1.165, 1.54) is 0 Å². The monoisotopic (exact) mass is 403 g/mol. The lowest BCUT2D eigenvalue weighted by Crippen LogP contribution is -2.12. The van der Waals surface area contributed by atoms with Crippen LogP contribution < -0.4 is 10.1 Å². The SMILES string of the molecule is CSc1cccc(-c2nnc(NC(=O)c3cccc(Oc4ccccc4)c3)o2)c1. The fraction of sp³-hybridized carbons (Fsp3) is 0.0455. The molecule has 0 bridgehead atoms. The number of hydrogen-bond acceptors (Lipinski definition) is 6. The van der Waals surface area contributed by atoms with E-state index in [1.54, 1.807) is 36.0 Å². The van der Waals surface area contributed by atoms with Crippen molar-refractivity contribution in [2.75, 3.05) is 11.6 Å². The van der Waals surface area contributed by atoms with Crippen molar-refractivity contribution in [3.8, 4) is 23.0 Å². The zero-order chi connectivity index (χ0) is 20.1. The molecule has 1 N–H and O–H groups in total. The minimum absolute atomic E-state index is 0.0361. The number of carbonyl (C=O) groups is 1. The second kappa shape index (κ2) is 8.62. The van der Waals surface area contributed by atoms with Crippen LogP contribution in [0.1, 0.15) is 10.4 Å². The molecule has 4 aromatic rings. The third-order valence-corrected chi connectivity index (χ3v) is 4.76. The predicted molar refractivity (Wildman–Crippen MR) is 112 cm³/mol. The lowest BCUT2D eigenvalue weighted by molar-refractivity contribution is 0.102. The summed E-state index contributed by atoms with van der Waals surface area (Å²) in [5.41, 5.74) is 1.21. The van der Waals surface area contributed by atoms with E-state index in [9.17, 15) is 4.79 Å². The van der Waals surface area contributed by atoms with Crippen molar-refractivity contribution in [2.24, 2.45) is 0 Å². The van der Waals surface area contributed by atoms with Crippen LogP contribution in [0, 0.1) is 0 Å². The van der Waals surface area contributed by atoms with Crippen LogP contribution in [0.15, 0.2) is 88.2 Å². The molecule has 0 spiro atoms. The fourth-order valence-electron chi connectivity index (χ4n) is 2.64. The lowest BCUT2D eigenvalue weighted by atomic mass is 10.2. The molecule has 0 aliphatic carbocycles. The van der Waals surface area contributed by atoms with Gasteiger partial charge < -0.3 is 9.15 Å². The molecule has 0 saturated heterocycles. The van der Waals surface area contributed by atoms with Gasteiger partial charge in [-0.3, -0.25) is 10.1 Å². The second-order valence-corrected chi connectivity index (χ2v) is 6.92. The second-order valence-electron chi connectivity index (χ2n) is 6.04. The molecule has 0 fully saturated rings. The van der Waals surface area contributed by atoms with Crippen molar-refractivity contribution >= 4 is 23.7 Å². The van der Waals surface area contributed by atoms with Gasteiger partial charge in [0.25, 0.3) is 5.91 Å². The van der Waals surface area contributed by atoms with Gasteiger partial charge in [0.05, 0.1) is 0 Å². The van der Waals surface area contributed by atoms with Crippen molar-refractivity contribution in [3.63, 3.8) is 0 Å². The van der Waals surface area contributed by atoms with Gasteiger partial charge in [0, 0.05) is 16.0 Å². The van der Waals surface area contributed by atoms with Gasteiger partial charge in [0.1, 0.15) is 11.5 Å². The van der Waals surface area contributed by atoms with Crippen LogP contribution in [0.4, 0.5) is 6.01 Å². The highest BCUT2D eigenvalue weighted by molar-refractivity contribution is 7.98. The van der Waals surface area contributed by atoms with E-state index in [4.69, 9.17) is 9.15 Å². The summed E-state index contributed by atoms with van der Waals surface area (Å²) in [4.78, 5) is 13.7. The summed E-state index contributed by atoms with van der Waals surface area (Å²) in [5, 5.41) is 10.6. The largest absolute Gasteiger partial charge is 0.457 e. The molecular formula is C22H17N3O3S. The highest BCUT2D eigenvalue weighted by Gasteiger charge is 2.14. The minimum atomic E-state index is -0.364. The number of aromatic nitrogens is 2. The summed E-state index contributed by atoms with van der Waals surface area (Å²) >= 11 is 1.62. The number of carbonyl (C=O) groups excluding carboxylic acids is 1. The number of nitrogens with one attached hydrogen (secondary N) is 1. The molecule has 1 amide bonds. The molecular weight excluding hydrogens is 386 g/mol. The molecule has 0 atom stereocenters. The first-order valence-electron chi connectivity index (χ1n) is 8.83. The Labute approximate surface area is 171 Å². The maximum absolute atomic E-state index is 12.6. The Morgan fingerprint density at radius 1 is 0.931 bits per heavy atom. The van der Waals surface area contributed by atoms with E-state index >= 15 is 0 Å². The predicted octanol–water partition coefficient (Wildman–Crippen LogP) is 5.50. The average Bonchev–Trinajstić information content (AvgIpc) is 3.23. The Kier molecular flexibility index (Phi) is 5.58. The van der Waals surface area contributed by atoms with E-state index in [0.717, 1.165) is 10.5 Å². The number of para-hydroxylation sites is 1. The number of hydrogen-bond donors (Lipinski definition) is 1. The quantitative estimate of drug-likeness (QED) is 0.428. The van der Waals surface area contributed by atoms with Crippen LogP contribution >= 0.6 is 11.8 Å². The number of nitrogens with zero attached hydrogens (tertiary/aromatic N) is 2. The first kappa shape index (κ1) is 18.8. The number of rotatable bonds is 6. The summed E-state index contributed by atoms with van der Waals surface area (Å²) in [6, 6.07) is 24.0. The Balaban J connectivity index is 1.47. The van der Waals surface area contributed by atoms with Crippen molar-refractivity contribution in [1.82, 2.24) is 10.2 Å². The molecule has 0 radical (unpaired) electrons. The molecule has 3 aromatic carbocycles. The van der Waals surface area contributed by atoms with E-state index in [-0.39, 0.29) is 11.9 Å². The van der Waals surface area contributed by atoms with Gasteiger partial charge in [-0.15, -0.1) is 16.9 Å². The first-order valence-corrected chi connectivity index (χ1v) is 10.1. The van der Waals surface area contributed by atoms with E-state index < -0.39 is 0 Å². The van der Waals surface area contributed by atoms with Crippen LogP contribution in [0.3, 0.4) is 0 Å². The topological polar surface area (TPSA) is 77.2 Å². The summed E-state index contributed by atoms with van der Waals surface area (Å²) in [6.07, 6.45) is 1.99. The standard InChI is InChI=1S/C22H17N3O3S/c1-29-19-12-6-8-16(14-19)21-24-25-22(28-21)23-20(26)15-7-5-11-18(13-15)27-17-9-3-2-4-10-17/h2-14H,1H3,(H,23,25,26). The Hall–Kier alpha value is -3.58. The summed E-state index contributed by atoms with van der Waals surface area (Å²) in [5.74, 6) is 1.23. The number of thioether (sulfide) groups is 1. The number of amides is 1. The smallest absolute Gasteiger partial charge is 0.322 e. The average molecular weight is 403 g/mol. The van der Waals surface area contributed by atoms with Gasteiger partial charge in [-0.25, -0.2) is 0 Å². The van der Waals surface area contributed by atoms with Gasteiger partial charge in [-0.2, -0.15) is 0 Å². The Morgan fingerprint density at radius 3 is 2.55 bits per heavy atom. The number of anilines is 1. The van der Waals surface area contributed by atoms with Crippen LogP contribution in [-0.2, 0) is 0 Å². The zero-order valence-electron chi connectivity index (χ0n) is 15.5. The summed E-state index contributed by atoms with van der Waals surface area (Å²) in [7, 11) is 0. The third kappa shape index (κ3) is 4.64. The van der Waals surface area contributed by atoms with Gasteiger partial charge in [-0.05, 0) is 54.8 Å². The highest BCUT2D eigenvalue weighted by Crippen LogP contribution is 2.25. The molecule has 4 rings (SSSR count). The first-order chi connectivity index (χ1) is 14.2. The lowest BCUT2D eigenvalue weighted by Gasteiger charge is -2.07. The van der Waals surface area contributed by atoms with Gasteiger partial charge in [-0.1, -0.05) is 35.4 Å². The molecule has 0 unspecified atom stereocenters. The minimum Gasteiger partial charge on any atom is -0.457 e. The van der Waals surface area contributed by atoms with Crippen molar-refractivity contribution < 1.29 is 13.9 Å². The fourth-order valence-corrected chi connectivity index (χ4v) is 3.10.